The maximum atomic E-state index is 13.3. The average Bonchev–Trinajstić information content (AvgIpc) is 2.04. The number of hydrogen-bond acceptors (Lipinski definition) is 0. The Balaban J connectivity index is 2.48. The minimum atomic E-state index is -0.501. The molecule has 1 rings (SSSR count). The monoisotopic (exact) mass is 158 g/mol. The SMILES string of the molecule is CCC1CCCC(F)C1CC. The van der Waals surface area contributed by atoms with Crippen LogP contribution >= 0.6 is 0 Å². The second-order valence-electron chi connectivity index (χ2n) is 3.69. The third-order valence-corrected chi connectivity index (χ3v) is 3.12. The van der Waals surface area contributed by atoms with Gasteiger partial charge in [0.15, 0.2) is 0 Å². The fourth-order valence-electron chi connectivity index (χ4n) is 2.39. The highest BCUT2D eigenvalue weighted by atomic mass is 19.1. The van der Waals surface area contributed by atoms with Crippen LogP contribution < -0.4 is 0 Å². The molecule has 3 unspecified atom stereocenters. The molecular weight excluding hydrogens is 139 g/mol. The summed E-state index contributed by atoms with van der Waals surface area (Å²) in [5, 5.41) is 0. The molecule has 0 nitrogen and oxygen atoms in total. The molecule has 0 N–H and O–H groups in total. The topological polar surface area (TPSA) is 0 Å². The van der Waals surface area contributed by atoms with E-state index in [1.54, 1.807) is 0 Å². The van der Waals surface area contributed by atoms with Gasteiger partial charge in [0, 0.05) is 0 Å². The van der Waals surface area contributed by atoms with E-state index in [2.05, 4.69) is 13.8 Å². The van der Waals surface area contributed by atoms with Crippen molar-refractivity contribution in [2.45, 2.75) is 52.1 Å². The summed E-state index contributed by atoms with van der Waals surface area (Å²) in [5.74, 6) is 1.04. The van der Waals surface area contributed by atoms with Crippen LogP contribution in [0.3, 0.4) is 0 Å². The van der Waals surface area contributed by atoms with Gasteiger partial charge in [-0.25, -0.2) is 4.39 Å². The Labute approximate surface area is 69.2 Å². The van der Waals surface area contributed by atoms with E-state index in [0.717, 1.165) is 19.3 Å². The van der Waals surface area contributed by atoms with Crippen molar-refractivity contribution in [3.05, 3.63) is 0 Å². The Morgan fingerprint density at radius 3 is 2.36 bits per heavy atom. The molecule has 0 bridgehead atoms. The summed E-state index contributed by atoms with van der Waals surface area (Å²) >= 11 is 0. The number of rotatable bonds is 2. The lowest BCUT2D eigenvalue weighted by atomic mass is 9.75. The molecule has 66 valence electrons. The van der Waals surface area contributed by atoms with Crippen molar-refractivity contribution in [1.82, 2.24) is 0 Å². The van der Waals surface area contributed by atoms with E-state index in [4.69, 9.17) is 0 Å². The van der Waals surface area contributed by atoms with Gasteiger partial charge >= 0.3 is 0 Å². The molecule has 11 heavy (non-hydrogen) atoms. The summed E-state index contributed by atoms with van der Waals surface area (Å²) in [6, 6.07) is 0. The van der Waals surface area contributed by atoms with Crippen LogP contribution in [0.25, 0.3) is 0 Å². The lowest BCUT2D eigenvalue weighted by Gasteiger charge is -2.32. The molecule has 0 amide bonds. The molecule has 3 atom stereocenters. The first-order chi connectivity index (χ1) is 5.29. The lowest BCUT2D eigenvalue weighted by molar-refractivity contribution is 0.101. The van der Waals surface area contributed by atoms with Crippen LogP contribution in [0.15, 0.2) is 0 Å². The molecule has 0 aromatic rings. The predicted octanol–water partition coefficient (Wildman–Crippen LogP) is 3.56. The number of halogens is 1. The summed E-state index contributed by atoms with van der Waals surface area (Å²) in [5.41, 5.74) is 0. The zero-order valence-electron chi connectivity index (χ0n) is 7.65. The van der Waals surface area contributed by atoms with Gasteiger partial charge in [0.25, 0.3) is 0 Å². The summed E-state index contributed by atoms with van der Waals surface area (Å²) in [6.07, 6.45) is 4.87. The second-order valence-corrected chi connectivity index (χ2v) is 3.69. The third-order valence-electron chi connectivity index (χ3n) is 3.12. The molecular formula is C10H19F. The van der Waals surface area contributed by atoms with Gasteiger partial charge in [-0.3, -0.25) is 0 Å². The van der Waals surface area contributed by atoms with Gasteiger partial charge in [-0.2, -0.15) is 0 Å². The van der Waals surface area contributed by atoms with Crippen molar-refractivity contribution >= 4 is 0 Å². The molecule has 0 radical (unpaired) electrons. The molecule has 0 aromatic carbocycles. The van der Waals surface area contributed by atoms with E-state index in [9.17, 15) is 4.39 Å². The Morgan fingerprint density at radius 1 is 1.18 bits per heavy atom. The van der Waals surface area contributed by atoms with Crippen molar-refractivity contribution in [1.29, 1.82) is 0 Å². The van der Waals surface area contributed by atoms with Crippen molar-refractivity contribution in [2.75, 3.05) is 0 Å². The first kappa shape index (κ1) is 9.02. The van der Waals surface area contributed by atoms with Crippen LogP contribution in [0.1, 0.15) is 46.0 Å². The quantitative estimate of drug-likeness (QED) is 0.576. The maximum Gasteiger partial charge on any atom is 0.103 e. The number of hydrogen-bond donors (Lipinski definition) is 0. The zero-order valence-corrected chi connectivity index (χ0v) is 7.65. The normalized spacial score (nSPS) is 39.0. The predicted molar refractivity (Wildman–Crippen MR) is 46.3 cm³/mol. The Hall–Kier alpha value is -0.0700. The Morgan fingerprint density at radius 2 is 1.91 bits per heavy atom. The molecule has 0 aliphatic heterocycles. The van der Waals surface area contributed by atoms with Gasteiger partial charge in [0.1, 0.15) is 6.17 Å². The summed E-state index contributed by atoms with van der Waals surface area (Å²) in [7, 11) is 0. The molecule has 1 heteroatoms. The van der Waals surface area contributed by atoms with Crippen molar-refractivity contribution < 1.29 is 4.39 Å². The number of alkyl halides is 1. The van der Waals surface area contributed by atoms with Crippen molar-refractivity contribution in [3.8, 4) is 0 Å². The van der Waals surface area contributed by atoms with Crippen LogP contribution in [-0.2, 0) is 0 Å². The average molecular weight is 158 g/mol. The first-order valence-electron chi connectivity index (χ1n) is 4.93. The van der Waals surface area contributed by atoms with E-state index in [1.807, 2.05) is 0 Å². The zero-order chi connectivity index (χ0) is 8.27. The maximum absolute atomic E-state index is 13.3. The van der Waals surface area contributed by atoms with E-state index in [1.165, 1.54) is 12.8 Å². The highest BCUT2D eigenvalue weighted by Gasteiger charge is 2.30. The standard InChI is InChI=1S/C10H19F/c1-3-8-6-5-7-10(11)9(8)4-2/h8-10H,3-7H2,1-2H3. The van der Waals surface area contributed by atoms with Crippen molar-refractivity contribution in [3.63, 3.8) is 0 Å². The molecule has 1 saturated carbocycles. The van der Waals surface area contributed by atoms with Crippen LogP contribution in [0.4, 0.5) is 4.39 Å². The van der Waals surface area contributed by atoms with Crippen LogP contribution in [0.5, 0.6) is 0 Å². The highest BCUT2D eigenvalue weighted by molar-refractivity contribution is 4.80. The smallest absolute Gasteiger partial charge is 0.103 e. The molecule has 1 aliphatic carbocycles. The largest absolute Gasteiger partial charge is 0.247 e. The van der Waals surface area contributed by atoms with Gasteiger partial charge < -0.3 is 0 Å². The van der Waals surface area contributed by atoms with Crippen molar-refractivity contribution in [2.24, 2.45) is 11.8 Å². The summed E-state index contributed by atoms with van der Waals surface area (Å²) in [4.78, 5) is 0. The molecule has 1 aliphatic rings. The van der Waals surface area contributed by atoms with Crippen LogP contribution in [0, 0.1) is 11.8 Å². The lowest BCUT2D eigenvalue weighted by Crippen LogP contribution is -2.28. The molecule has 1 fully saturated rings. The minimum absolute atomic E-state index is 0.369. The van der Waals surface area contributed by atoms with E-state index < -0.39 is 6.17 Å². The fraction of sp³-hybridized carbons (Fsp3) is 1.00. The highest BCUT2D eigenvalue weighted by Crippen LogP contribution is 2.36. The molecule has 0 spiro atoms. The van der Waals surface area contributed by atoms with E-state index >= 15 is 0 Å². The fourth-order valence-corrected chi connectivity index (χ4v) is 2.39. The minimum Gasteiger partial charge on any atom is -0.247 e. The van der Waals surface area contributed by atoms with Gasteiger partial charge in [-0.1, -0.05) is 33.1 Å². The Bertz CT molecular complexity index is 111. The van der Waals surface area contributed by atoms with Gasteiger partial charge in [-0.15, -0.1) is 0 Å². The van der Waals surface area contributed by atoms with E-state index in [-0.39, 0.29) is 0 Å². The molecule has 0 saturated heterocycles. The molecule has 0 aromatic heterocycles. The first-order valence-corrected chi connectivity index (χ1v) is 4.93. The third kappa shape index (κ3) is 1.94. The summed E-state index contributed by atoms with van der Waals surface area (Å²) in [6.45, 7) is 4.30. The van der Waals surface area contributed by atoms with Crippen LogP contribution in [-0.4, -0.2) is 6.17 Å². The van der Waals surface area contributed by atoms with Gasteiger partial charge in [0.05, 0.1) is 0 Å². The summed E-state index contributed by atoms with van der Waals surface area (Å²) < 4.78 is 13.3. The second kappa shape index (κ2) is 4.08. The van der Waals surface area contributed by atoms with Gasteiger partial charge in [-0.05, 0) is 24.7 Å². The molecule has 0 heterocycles. The van der Waals surface area contributed by atoms with Gasteiger partial charge in [0.2, 0.25) is 0 Å². The Kier molecular flexibility index (Phi) is 3.35. The van der Waals surface area contributed by atoms with E-state index in [0.29, 0.717) is 11.8 Å². The van der Waals surface area contributed by atoms with Crippen LogP contribution in [0.2, 0.25) is 0 Å².